The van der Waals surface area contributed by atoms with Crippen LogP contribution in [0.3, 0.4) is 0 Å². The molecule has 22 heavy (non-hydrogen) atoms. The first-order valence-corrected chi connectivity index (χ1v) is 8.83. The molecule has 118 valence electrons. The molecule has 3 N–H and O–H groups in total. The number of nitrogens with one attached hydrogen (secondary N) is 1. The van der Waals surface area contributed by atoms with Crippen LogP contribution in [0.5, 0.6) is 0 Å². The summed E-state index contributed by atoms with van der Waals surface area (Å²) in [5.41, 5.74) is 8.97. The second-order valence-electron chi connectivity index (χ2n) is 6.79. The average Bonchev–Trinajstić information content (AvgIpc) is 3.04. The molecular weight excluding hydrogens is 312 g/mol. The molecule has 0 saturated carbocycles. The standard InChI is InChI=1S/C16H22N4S2/c1-16(2,3)14-18-11-8-12(20-6-4-5-7-20)10(19-15(17)21)9-13(11)22-14/h8-9H,4-7H2,1-3H3,(H3,17,19,21). The molecule has 0 unspecified atom stereocenters. The lowest BCUT2D eigenvalue weighted by atomic mass is 9.98. The molecule has 3 rings (SSSR count). The Balaban J connectivity index is 2.11. The van der Waals surface area contributed by atoms with Crippen molar-refractivity contribution in [2.45, 2.75) is 39.0 Å². The van der Waals surface area contributed by atoms with Crippen molar-refractivity contribution in [1.82, 2.24) is 4.98 Å². The Labute approximate surface area is 140 Å². The summed E-state index contributed by atoms with van der Waals surface area (Å²) in [6.07, 6.45) is 2.46. The zero-order chi connectivity index (χ0) is 15.9. The van der Waals surface area contributed by atoms with Crippen molar-refractivity contribution in [2.75, 3.05) is 23.3 Å². The molecule has 0 radical (unpaired) electrons. The maximum atomic E-state index is 5.70. The van der Waals surface area contributed by atoms with E-state index in [1.807, 2.05) is 0 Å². The van der Waals surface area contributed by atoms with Gasteiger partial charge in [-0.25, -0.2) is 4.98 Å². The third-order valence-corrected chi connectivity index (χ3v) is 5.40. The van der Waals surface area contributed by atoms with Crippen molar-refractivity contribution < 1.29 is 0 Å². The number of rotatable bonds is 2. The predicted molar refractivity (Wildman–Crippen MR) is 100 cm³/mol. The van der Waals surface area contributed by atoms with Crippen LogP contribution in [0.25, 0.3) is 10.2 Å². The zero-order valence-corrected chi connectivity index (χ0v) is 14.9. The average molecular weight is 335 g/mol. The molecule has 1 aromatic heterocycles. The predicted octanol–water partition coefficient (Wildman–Crippen LogP) is 3.85. The van der Waals surface area contributed by atoms with Crippen molar-refractivity contribution >= 4 is 50.3 Å². The van der Waals surface area contributed by atoms with Gasteiger partial charge in [-0.2, -0.15) is 0 Å². The number of aromatic nitrogens is 1. The second-order valence-corrected chi connectivity index (χ2v) is 8.26. The molecule has 1 saturated heterocycles. The molecule has 6 heteroatoms. The maximum absolute atomic E-state index is 5.70. The Bertz CT molecular complexity index is 709. The maximum Gasteiger partial charge on any atom is 0.168 e. The van der Waals surface area contributed by atoms with Crippen LogP contribution in [-0.2, 0) is 5.41 Å². The lowest BCUT2D eigenvalue weighted by molar-refractivity contribution is 0.587. The van der Waals surface area contributed by atoms with Crippen LogP contribution in [0.4, 0.5) is 11.4 Å². The molecule has 1 fully saturated rings. The van der Waals surface area contributed by atoms with Crippen molar-refractivity contribution in [3.05, 3.63) is 17.1 Å². The molecular formula is C16H22N4S2. The van der Waals surface area contributed by atoms with E-state index in [0.717, 1.165) is 35.0 Å². The molecule has 0 amide bonds. The lowest BCUT2D eigenvalue weighted by Gasteiger charge is -2.21. The number of thiocarbonyl (C=S) groups is 1. The molecule has 4 nitrogen and oxygen atoms in total. The van der Waals surface area contributed by atoms with Crippen molar-refractivity contribution in [3.8, 4) is 0 Å². The Morgan fingerprint density at radius 3 is 2.59 bits per heavy atom. The number of thiazole rings is 1. The summed E-state index contributed by atoms with van der Waals surface area (Å²) < 4.78 is 1.17. The van der Waals surface area contributed by atoms with Crippen LogP contribution in [0.1, 0.15) is 38.6 Å². The van der Waals surface area contributed by atoms with E-state index >= 15 is 0 Å². The molecule has 1 aromatic carbocycles. The van der Waals surface area contributed by atoms with Crippen LogP contribution in [0.15, 0.2) is 12.1 Å². The molecule has 2 aromatic rings. The Hall–Kier alpha value is -1.40. The third-order valence-electron chi connectivity index (χ3n) is 3.85. The highest BCUT2D eigenvalue weighted by Crippen LogP contribution is 2.38. The van der Waals surface area contributed by atoms with E-state index in [2.05, 4.69) is 43.1 Å². The quantitative estimate of drug-likeness (QED) is 0.817. The van der Waals surface area contributed by atoms with Gasteiger partial charge < -0.3 is 16.0 Å². The first-order valence-electron chi connectivity index (χ1n) is 7.61. The van der Waals surface area contributed by atoms with Gasteiger partial charge in [0.25, 0.3) is 0 Å². The van der Waals surface area contributed by atoms with Crippen LogP contribution in [0, 0.1) is 0 Å². The molecule has 0 aliphatic carbocycles. The van der Waals surface area contributed by atoms with Gasteiger partial charge >= 0.3 is 0 Å². The summed E-state index contributed by atoms with van der Waals surface area (Å²) in [5.74, 6) is 0. The Morgan fingerprint density at radius 1 is 1.32 bits per heavy atom. The minimum Gasteiger partial charge on any atom is -0.376 e. The van der Waals surface area contributed by atoms with Crippen LogP contribution in [-0.4, -0.2) is 23.2 Å². The van der Waals surface area contributed by atoms with Crippen LogP contribution in [0.2, 0.25) is 0 Å². The number of fused-ring (bicyclic) bond motifs is 1. The first kappa shape index (κ1) is 15.5. The molecule has 0 spiro atoms. The molecule has 0 bridgehead atoms. The summed E-state index contributed by atoms with van der Waals surface area (Å²) in [6.45, 7) is 8.74. The summed E-state index contributed by atoms with van der Waals surface area (Å²) in [5, 5.41) is 4.60. The molecule has 2 heterocycles. The normalized spacial score (nSPS) is 15.5. The highest BCUT2D eigenvalue weighted by atomic mass is 32.1. The lowest BCUT2D eigenvalue weighted by Crippen LogP contribution is -2.23. The fraction of sp³-hybridized carbons (Fsp3) is 0.500. The van der Waals surface area contributed by atoms with Crippen molar-refractivity contribution in [2.24, 2.45) is 5.73 Å². The van der Waals surface area contributed by atoms with Gasteiger partial charge in [-0.15, -0.1) is 11.3 Å². The van der Waals surface area contributed by atoms with E-state index < -0.39 is 0 Å². The minimum absolute atomic E-state index is 0.0637. The van der Waals surface area contributed by atoms with E-state index in [0.29, 0.717) is 5.11 Å². The fourth-order valence-electron chi connectivity index (χ4n) is 2.74. The number of benzene rings is 1. The van der Waals surface area contributed by atoms with Gasteiger partial charge in [0.05, 0.1) is 26.6 Å². The van der Waals surface area contributed by atoms with Gasteiger partial charge in [-0.05, 0) is 37.2 Å². The van der Waals surface area contributed by atoms with Crippen molar-refractivity contribution in [3.63, 3.8) is 0 Å². The number of hydrogen-bond donors (Lipinski definition) is 2. The van der Waals surface area contributed by atoms with E-state index in [4.69, 9.17) is 22.9 Å². The fourth-order valence-corrected chi connectivity index (χ4v) is 3.89. The van der Waals surface area contributed by atoms with Gasteiger partial charge in [0.2, 0.25) is 0 Å². The van der Waals surface area contributed by atoms with Crippen LogP contribution >= 0.6 is 23.6 Å². The minimum atomic E-state index is 0.0637. The first-order chi connectivity index (χ1) is 10.3. The Kier molecular flexibility index (Phi) is 3.99. The van der Waals surface area contributed by atoms with E-state index in [1.54, 1.807) is 11.3 Å². The summed E-state index contributed by atoms with van der Waals surface area (Å²) >= 11 is 6.78. The van der Waals surface area contributed by atoms with Crippen LogP contribution < -0.4 is 16.0 Å². The Morgan fingerprint density at radius 2 is 2.00 bits per heavy atom. The second kappa shape index (κ2) is 5.66. The number of hydrogen-bond acceptors (Lipinski definition) is 4. The van der Waals surface area contributed by atoms with E-state index in [-0.39, 0.29) is 5.41 Å². The van der Waals surface area contributed by atoms with Gasteiger partial charge in [0, 0.05) is 18.5 Å². The highest BCUT2D eigenvalue weighted by molar-refractivity contribution is 7.80. The van der Waals surface area contributed by atoms with Gasteiger partial charge in [-0.1, -0.05) is 20.8 Å². The number of anilines is 2. The molecule has 1 aliphatic rings. The largest absolute Gasteiger partial charge is 0.376 e. The SMILES string of the molecule is CC(C)(C)c1nc2cc(N3CCCC3)c(NC(N)=S)cc2s1. The zero-order valence-electron chi connectivity index (χ0n) is 13.3. The van der Waals surface area contributed by atoms with Gasteiger partial charge in [0.1, 0.15) is 0 Å². The summed E-state index contributed by atoms with van der Waals surface area (Å²) in [6, 6.07) is 4.31. The summed E-state index contributed by atoms with van der Waals surface area (Å²) in [4.78, 5) is 7.22. The van der Waals surface area contributed by atoms with E-state index in [9.17, 15) is 0 Å². The molecule has 0 atom stereocenters. The van der Waals surface area contributed by atoms with Crippen molar-refractivity contribution in [1.29, 1.82) is 0 Å². The van der Waals surface area contributed by atoms with Gasteiger partial charge in [-0.3, -0.25) is 0 Å². The number of nitrogens with zero attached hydrogens (tertiary/aromatic N) is 2. The smallest absolute Gasteiger partial charge is 0.168 e. The van der Waals surface area contributed by atoms with E-state index in [1.165, 1.54) is 17.5 Å². The number of nitrogens with two attached hydrogens (primary N) is 1. The third kappa shape index (κ3) is 3.03. The van der Waals surface area contributed by atoms with Gasteiger partial charge in [0.15, 0.2) is 5.11 Å². The topological polar surface area (TPSA) is 54.2 Å². The monoisotopic (exact) mass is 334 g/mol. The summed E-state index contributed by atoms with van der Waals surface area (Å²) in [7, 11) is 0. The molecule has 1 aliphatic heterocycles. The highest BCUT2D eigenvalue weighted by Gasteiger charge is 2.22.